The number of likely N-dealkylation sites (N-methyl/N-ethyl adjacent to an activating group) is 1. The minimum Gasteiger partial charge on any atom is -0.342 e. The van der Waals surface area contributed by atoms with Gasteiger partial charge in [-0.1, -0.05) is 60.7 Å². The van der Waals surface area contributed by atoms with Crippen LogP contribution in [0.15, 0.2) is 89.9 Å². The lowest BCUT2D eigenvalue weighted by molar-refractivity contribution is 0.270. The lowest BCUT2D eigenvalue weighted by Crippen LogP contribution is -2.54. The topological polar surface area (TPSA) is 78.5 Å². The van der Waals surface area contributed by atoms with E-state index in [0.717, 1.165) is 16.8 Å². The van der Waals surface area contributed by atoms with E-state index < -0.39 is 5.41 Å². The van der Waals surface area contributed by atoms with E-state index in [9.17, 15) is 15.1 Å². The molecule has 7 heteroatoms. The van der Waals surface area contributed by atoms with Crippen LogP contribution in [0.4, 0.5) is 10.1 Å². The van der Waals surface area contributed by atoms with Gasteiger partial charge < -0.3 is 9.80 Å². The molecule has 0 spiro atoms. The molecule has 0 radical (unpaired) electrons. The third-order valence-electron chi connectivity index (χ3n) is 6.67. The summed E-state index contributed by atoms with van der Waals surface area (Å²) in [6, 6.07) is 26.3. The van der Waals surface area contributed by atoms with E-state index in [-0.39, 0.29) is 5.82 Å². The summed E-state index contributed by atoms with van der Waals surface area (Å²) in [4.78, 5) is 8.59. The number of likely N-dealkylation sites (tertiary alicyclic amines) is 1. The molecule has 1 fully saturated rings. The fraction of sp³-hybridized carbons (Fsp3) is 0.250. The molecule has 0 saturated carbocycles. The average molecular weight is 469 g/mol. The van der Waals surface area contributed by atoms with Crippen molar-refractivity contribution in [2.45, 2.75) is 24.8 Å². The Morgan fingerprint density at radius 3 is 2.23 bits per heavy atom. The van der Waals surface area contributed by atoms with E-state index in [0.29, 0.717) is 44.3 Å². The van der Waals surface area contributed by atoms with Crippen molar-refractivity contribution in [3.05, 3.63) is 102 Å². The Kier molecular flexibility index (Phi) is 7.41. The molecule has 0 amide bonds. The molecule has 1 saturated heterocycles. The number of hydrogen-bond acceptors (Lipinski definition) is 3. The summed E-state index contributed by atoms with van der Waals surface area (Å²) in [5, 5.41) is 21.3. The highest BCUT2D eigenvalue weighted by Crippen LogP contribution is 2.38. The van der Waals surface area contributed by atoms with Crippen molar-refractivity contribution in [2.24, 2.45) is 4.99 Å². The van der Waals surface area contributed by atoms with Gasteiger partial charge in [0.25, 0.3) is 0 Å². The zero-order chi connectivity index (χ0) is 24.7. The summed E-state index contributed by atoms with van der Waals surface area (Å²) in [6.45, 7) is 1.75. The number of nitrogens with one attached hydrogen (secondary N) is 2. The Hall–Kier alpha value is -4.18. The van der Waals surface area contributed by atoms with Crippen molar-refractivity contribution in [2.75, 3.05) is 25.0 Å². The maximum atomic E-state index is 13.5. The van der Waals surface area contributed by atoms with Crippen LogP contribution in [0.5, 0.6) is 0 Å². The number of guanidine groups is 1. The van der Waals surface area contributed by atoms with Crippen LogP contribution in [-0.2, 0) is 12.0 Å². The van der Waals surface area contributed by atoms with E-state index >= 15 is 0 Å². The largest absolute Gasteiger partial charge is 0.342 e. The van der Waals surface area contributed by atoms with Gasteiger partial charge in [0.05, 0.1) is 12.0 Å². The molecule has 1 aliphatic heterocycles. The van der Waals surface area contributed by atoms with E-state index in [4.69, 9.17) is 0 Å². The Bertz CT molecular complexity index is 1190. The van der Waals surface area contributed by atoms with Crippen molar-refractivity contribution in [3.8, 4) is 6.19 Å². The number of piperidine rings is 1. The summed E-state index contributed by atoms with van der Waals surface area (Å²) in [5.41, 5.74) is 2.40. The van der Waals surface area contributed by atoms with Crippen LogP contribution in [0.25, 0.3) is 0 Å². The second-order valence-corrected chi connectivity index (χ2v) is 8.68. The van der Waals surface area contributed by atoms with E-state index in [2.05, 4.69) is 27.3 Å². The van der Waals surface area contributed by atoms with Crippen molar-refractivity contribution in [1.29, 1.82) is 10.7 Å². The third-order valence-corrected chi connectivity index (χ3v) is 6.67. The predicted molar refractivity (Wildman–Crippen MR) is 138 cm³/mol. The molecule has 0 atom stereocenters. The van der Waals surface area contributed by atoms with Crippen molar-refractivity contribution < 1.29 is 4.39 Å². The molecule has 0 aliphatic carbocycles. The molecule has 0 aromatic heterocycles. The standard InChI is InChI=1S/C28H29FN6/c1-34(25-14-12-24(29)13-15-25)26(31)28(23-10-6-3-7-11-23)16-18-35(19-17-28)27(33-21-30)32-20-22-8-4-2-5-9-22/h2-15,31H,16-20H2,1H3,(H,32,33). The molecule has 0 bridgehead atoms. The van der Waals surface area contributed by atoms with E-state index in [1.165, 1.54) is 12.1 Å². The number of aliphatic imine (C=N–C) groups is 1. The fourth-order valence-electron chi connectivity index (χ4n) is 4.65. The number of amidine groups is 1. The van der Waals surface area contributed by atoms with Crippen LogP contribution in [0.3, 0.4) is 0 Å². The first-order valence-corrected chi connectivity index (χ1v) is 11.7. The van der Waals surface area contributed by atoms with Gasteiger partial charge in [0.1, 0.15) is 11.7 Å². The minimum absolute atomic E-state index is 0.299. The maximum absolute atomic E-state index is 13.5. The molecule has 3 aromatic rings. The number of benzene rings is 3. The molecule has 35 heavy (non-hydrogen) atoms. The fourth-order valence-corrected chi connectivity index (χ4v) is 4.65. The quantitative estimate of drug-likeness (QED) is 0.242. The van der Waals surface area contributed by atoms with Gasteiger partial charge in [-0.3, -0.25) is 10.7 Å². The first kappa shape index (κ1) is 24.0. The second-order valence-electron chi connectivity index (χ2n) is 8.68. The highest BCUT2D eigenvalue weighted by Gasteiger charge is 2.42. The SMILES string of the molecule is CN(C(=N)C1(c2ccccc2)CCN(C(=NCc2ccccc2)NC#N)CC1)c1ccc(F)cc1. The third kappa shape index (κ3) is 5.33. The highest BCUT2D eigenvalue weighted by molar-refractivity contribution is 6.03. The molecule has 2 N–H and O–H groups in total. The molecule has 4 rings (SSSR count). The molecule has 6 nitrogen and oxygen atoms in total. The Morgan fingerprint density at radius 1 is 1.03 bits per heavy atom. The summed E-state index contributed by atoms with van der Waals surface area (Å²) in [6.07, 6.45) is 3.38. The number of rotatable bonds is 5. The maximum Gasteiger partial charge on any atom is 0.207 e. The smallest absolute Gasteiger partial charge is 0.207 e. The van der Waals surface area contributed by atoms with Gasteiger partial charge in [0.15, 0.2) is 6.19 Å². The van der Waals surface area contributed by atoms with Gasteiger partial charge >= 0.3 is 0 Å². The van der Waals surface area contributed by atoms with Gasteiger partial charge in [0.2, 0.25) is 5.96 Å². The van der Waals surface area contributed by atoms with Crippen molar-refractivity contribution in [1.82, 2.24) is 10.2 Å². The van der Waals surface area contributed by atoms with Crippen LogP contribution in [0, 0.1) is 22.7 Å². The normalized spacial score (nSPS) is 15.2. The monoisotopic (exact) mass is 468 g/mol. The number of nitrogens with zero attached hydrogens (tertiary/aromatic N) is 4. The van der Waals surface area contributed by atoms with Crippen LogP contribution < -0.4 is 10.2 Å². The van der Waals surface area contributed by atoms with Crippen LogP contribution in [0.2, 0.25) is 0 Å². The molecule has 1 aliphatic rings. The van der Waals surface area contributed by atoms with Gasteiger partial charge in [0, 0.05) is 25.8 Å². The predicted octanol–water partition coefficient (Wildman–Crippen LogP) is 4.90. The first-order valence-electron chi connectivity index (χ1n) is 11.7. The van der Waals surface area contributed by atoms with Gasteiger partial charge in [-0.05, 0) is 48.2 Å². The summed E-state index contributed by atoms with van der Waals surface area (Å²) >= 11 is 0. The molecule has 1 heterocycles. The summed E-state index contributed by atoms with van der Waals surface area (Å²) < 4.78 is 13.5. The summed E-state index contributed by atoms with van der Waals surface area (Å²) in [7, 11) is 1.86. The molecule has 178 valence electrons. The van der Waals surface area contributed by atoms with E-state index in [1.807, 2.05) is 66.7 Å². The summed E-state index contributed by atoms with van der Waals surface area (Å²) in [5.74, 6) is 0.717. The molecular weight excluding hydrogens is 439 g/mol. The van der Waals surface area contributed by atoms with Gasteiger partial charge in [-0.15, -0.1) is 0 Å². The molecule has 0 unspecified atom stereocenters. The van der Waals surface area contributed by atoms with Crippen LogP contribution >= 0.6 is 0 Å². The Balaban J connectivity index is 1.58. The van der Waals surface area contributed by atoms with Crippen LogP contribution in [-0.4, -0.2) is 36.8 Å². The number of hydrogen-bond donors (Lipinski definition) is 2. The second kappa shape index (κ2) is 10.8. The number of halogens is 1. The van der Waals surface area contributed by atoms with Gasteiger partial charge in [-0.2, -0.15) is 5.26 Å². The highest BCUT2D eigenvalue weighted by atomic mass is 19.1. The lowest BCUT2D eigenvalue weighted by Gasteiger charge is -2.45. The first-order chi connectivity index (χ1) is 17.0. The average Bonchev–Trinajstić information content (AvgIpc) is 2.92. The zero-order valence-corrected chi connectivity index (χ0v) is 19.8. The van der Waals surface area contributed by atoms with Crippen molar-refractivity contribution >= 4 is 17.5 Å². The molecule has 3 aromatic carbocycles. The zero-order valence-electron chi connectivity index (χ0n) is 19.8. The number of anilines is 1. The van der Waals surface area contributed by atoms with E-state index in [1.54, 1.807) is 12.1 Å². The number of nitriles is 1. The van der Waals surface area contributed by atoms with Crippen LogP contribution in [0.1, 0.15) is 24.0 Å². The van der Waals surface area contributed by atoms with Crippen molar-refractivity contribution in [3.63, 3.8) is 0 Å². The Labute approximate surface area is 205 Å². The Morgan fingerprint density at radius 2 is 1.63 bits per heavy atom. The minimum atomic E-state index is -0.516. The van der Waals surface area contributed by atoms with Gasteiger partial charge in [-0.25, -0.2) is 9.38 Å². The lowest BCUT2D eigenvalue weighted by atomic mass is 9.71. The molecular formula is C28H29FN6.